The highest BCUT2D eigenvalue weighted by Crippen LogP contribution is 2.25. The maximum absolute atomic E-state index is 12.4. The monoisotopic (exact) mass is 352 g/mol. The molecule has 0 aliphatic carbocycles. The summed E-state index contributed by atoms with van der Waals surface area (Å²) in [4.78, 5) is 39.2. The molecule has 2 aromatic carbocycles. The minimum Gasteiger partial charge on any atom is -0.326 e. The molecular formula is C18H16N4O4. The number of benzene rings is 2. The van der Waals surface area contributed by atoms with Crippen LogP contribution in [0.4, 0.5) is 11.4 Å². The number of nitrogens with one attached hydrogen (secondary N) is 1. The highest BCUT2D eigenvalue weighted by atomic mass is 16.6. The highest BCUT2D eigenvalue weighted by Gasteiger charge is 2.15. The maximum atomic E-state index is 12.4. The molecule has 0 aliphatic heterocycles. The maximum Gasteiger partial charge on any atom is 0.274 e. The molecule has 8 nitrogen and oxygen atoms in total. The van der Waals surface area contributed by atoms with Gasteiger partial charge in [0.2, 0.25) is 5.91 Å². The van der Waals surface area contributed by atoms with Crippen molar-refractivity contribution in [1.29, 1.82) is 0 Å². The van der Waals surface area contributed by atoms with Crippen LogP contribution in [0, 0.1) is 17.0 Å². The molecule has 0 atom stereocenters. The van der Waals surface area contributed by atoms with Crippen LogP contribution in [0.2, 0.25) is 0 Å². The van der Waals surface area contributed by atoms with Crippen LogP contribution in [0.5, 0.6) is 0 Å². The van der Waals surface area contributed by atoms with Crippen molar-refractivity contribution in [3.05, 3.63) is 74.8 Å². The van der Waals surface area contributed by atoms with Gasteiger partial charge in [-0.2, -0.15) is 0 Å². The van der Waals surface area contributed by atoms with Crippen molar-refractivity contribution in [2.24, 2.45) is 0 Å². The van der Waals surface area contributed by atoms with E-state index in [0.29, 0.717) is 22.2 Å². The van der Waals surface area contributed by atoms with Gasteiger partial charge in [0.15, 0.2) is 0 Å². The summed E-state index contributed by atoms with van der Waals surface area (Å²) >= 11 is 0. The van der Waals surface area contributed by atoms with Crippen LogP contribution >= 0.6 is 0 Å². The van der Waals surface area contributed by atoms with Crippen molar-refractivity contribution in [1.82, 2.24) is 9.55 Å². The van der Waals surface area contributed by atoms with Crippen molar-refractivity contribution in [3.8, 4) is 0 Å². The number of fused-ring (bicyclic) bond motifs is 1. The van der Waals surface area contributed by atoms with Gasteiger partial charge in [-0.05, 0) is 25.1 Å². The molecule has 1 heterocycles. The molecule has 26 heavy (non-hydrogen) atoms. The molecule has 0 aliphatic rings. The number of hydrogen-bond acceptors (Lipinski definition) is 5. The van der Waals surface area contributed by atoms with Crippen molar-refractivity contribution in [2.75, 3.05) is 5.32 Å². The Bertz CT molecular complexity index is 1060. The first-order chi connectivity index (χ1) is 12.5. The van der Waals surface area contributed by atoms with Crippen LogP contribution in [-0.4, -0.2) is 20.4 Å². The molecule has 0 unspecified atom stereocenters. The Labute approximate surface area is 148 Å². The average molecular weight is 352 g/mol. The van der Waals surface area contributed by atoms with Gasteiger partial charge >= 0.3 is 0 Å². The van der Waals surface area contributed by atoms with E-state index in [-0.39, 0.29) is 30.1 Å². The minimum absolute atomic E-state index is 0.0437. The van der Waals surface area contributed by atoms with Crippen molar-refractivity contribution in [2.45, 2.75) is 19.9 Å². The summed E-state index contributed by atoms with van der Waals surface area (Å²) in [5.41, 5.74) is 1.10. The van der Waals surface area contributed by atoms with Gasteiger partial charge in [0, 0.05) is 19.0 Å². The quantitative estimate of drug-likeness (QED) is 0.561. The topological polar surface area (TPSA) is 107 Å². The van der Waals surface area contributed by atoms with Gasteiger partial charge in [-0.1, -0.05) is 18.2 Å². The molecule has 1 aromatic heterocycles. The Hall–Kier alpha value is -3.55. The van der Waals surface area contributed by atoms with E-state index >= 15 is 0 Å². The van der Waals surface area contributed by atoms with Gasteiger partial charge in [0.05, 0.1) is 33.4 Å². The number of hydrogen-bond donors (Lipinski definition) is 1. The number of para-hydroxylation sites is 1. The van der Waals surface area contributed by atoms with Gasteiger partial charge in [-0.3, -0.25) is 24.3 Å². The van der Waals surface area contributed by atoms with E-state index in [1.807, 2.05) is 0 Å². The van der Waals surface area contributed by atoms with E-state index in [0.717, 1.165) is 0 Å². The van der Waals surface area contributed by atoms with Crippen molar-refractivity contribution >= 4 is 28.2 Å². The Morgan fingerprint density at radius 3 is 2.77 bits per heavy atom. The Morgan fingerprint density at radius 2 is 2.00 bits per heavy atom. The zero-order chi connectivity index (χ0) is 18.7. The van der Waals surface area contributed by atoms with Crippen molar-refractivity contribution < 1.29 is 9.72 Å². The lowest BCUT2D eigenvalue weighted by Crippen LogP contribution is -2.23. The molecule has 132 valence electrons. The van der Waals surface area contributed by atoms with Crippen molar-refractivity contribution in [3.63, 3.8) is 0 Å². The van der Waals surface area contributed by atoms with Gasteiger partial charge < -0.3 is 5.32 Å². The second kappa shape index (κ2) is 7.14. The predicted molar refractivity (Wildman–Crippen MR) is 97.1 cm³/mol. The molecule has 0 saturated carbocycles. The van der Waals surface area contributed by atoms with E-state index in [2.05, 4.69) is 10.3 Å². The molecule has 0 bridgehead atoms. The number of rotatable bonds is 5. The van der Waals surface area contributed by atoms with E-state index in [9.17, 15) is 19.7 Å². The fourth-order valence-corrected chi connectivity index (χ4v) is 2.66. The van der Waals surface area contributed by atoms with E-state index < -0.39 is 4.92 Å². The molecule has 1 N–H and O–H groups in total. The normalized spacial score (nSPS) is 10.7. The van der Waals surface area contributed by atoms with Gasteiger partial charge in [-0.25, -0.2) is 4.98 Å². The van der Waals surface area contributed by atoms with Crippen LogP contribution in [0.3, 0.4) is 0 Å². The number of carbonyl (C=O) groups excluding carboxylic acids is 1. The fourth-order valence-electron chi connectivity index (χ4n) is 2.66. The summed E-state index contributed by atoms with van der Waals surface area (Å²) in [6.07, 6.45) is 1.46. The van der Waals surface area contributed by atoms with Crippen LogP contribution in [-0.2, 0) is 11.3 Å². The first-order valence-electron chi connectivity index (χ1n) is 7.95. The Balaban J connectivity index is 1.72. The molecule has 3 rings (SSSR count). The molecule has 0 saturated heterocycles. The standard InChI is InChI=1S/C18H16N4O4/c1-12-14(7-4-8-16(12)22(25)26)20-17(23)9-10-21-11-19-15-6-3-2-5-13(15)18(21)24/h2-8,11H,9-10H2,1H3,(H,20,23). The SMILES string of the molecule is Cc1c(NC(=O)CCn2cnc3ccccc3c2=O)cccc1[N+](=O)[O-]. The highest BCUT2D eigenvalue weighted by molar-refractivity contribution is 5.92. The lowest BCUT2D eigenvalue weighted by molar-refractivity contribution is -0.385. The second-order valence-electron chi connectivity index (χ2n) is 5.77. The number of nitro benzene ring substituents is 1. The van der Waals surface area contributed by atoms with Gasteiger partial charge in [0.25, 0.3) is 11.2 Å². The Morgan fingerprint density at radius 1 is 1.23 bits per heavy atom. The lowest BCUT2D eigenvalue weighted by Gasteiger charge is -2.10. The number of aryl methyl sites for hydroxylation is 1. The minimum atomic E-state index is -0.495. The van der Waals surface area contributed by atoms with E-state index in [1.54, 1.807) is 37.3 Å². The third-order valence-electron chi connectivity index (χ3n) is 4.09. The molecule has 8 heteroatoms. The summed E-state index contributed by atoms with van der Waals surface area (Å²) < 4.78 is 1.38. The predicted octanol–water partition coefficient (Wildman–Crippen LogP) is 2.64. The average Bonchev–Trinajstić information content (AvgIpc) is 2.63. The molecule has 0 spiro atoms. The largest absolute Gasteiger partial charge is 0.326 e. The third kappa shape index (κ3) is 3.44. The summed E-state index contributed by atoms with van der Waals surface area (Å²) in [6, 6.07) is 11.5. The first-order valence-corrected chi connectivity index (χ1v) is 7.95. The summed E-state index contributed by atoms with van der Waals surface area (Å²) in [5.74, 6) is -0.339. The van der Waals surface area contributed by atoms with Gasteiger partial charge in [0.1, 0.15) is 0 Å². The summed E-state index contributed by atoms with van der Waals surface area (Å²) in [5, 5.41) is 14.1. The smallest absolute Gasteiger partial charge is 0.274 e. The third-order valence-corrected chi connectivity index (χ3v) is 4.09. The molecule has 1 amide bonds. The number of nitro groups is 1. The number of aromatic nitrogens is 2. The van der Waals surface area contributed by atoms with Crippen LogP contribution in [0.1, 0.15) is 12.0 Å². The van der Waals surface area contributed by atoms with Crippen LogP contribution in [0.15, 0.2) is 53.6 Å². The van der Waals surface area contributed by atoms with Gasteiger partial charge in [-0.15, -0.1) is 0 Å². The fraction of sp³-hybridized carbons (Fsp3) is 0.167. The van der Waals surface area contributed by atoms with E-state index in [4.69, 9.17) is 0 Å². The second-order valence-corrected chi connectivity index (χ2v) is 5.77. The molecule has 3 aromatic rings. The molecule has 0 radical (unpaired) electrons. The zero-order valence-corrected chi connectivity index (χ0v) is 14.0. The number of anilines is 1. The summed E-state index contributed by atoms with van der Waals surface area (Å²) in [6.45, 7) is 1.74. The van der Waals surface area contributed by atoms with E-state index in [1.165, 1.54) is 23.0 Å². The zero-order valence-electron chi connectivity index (χ0n) is 14.0. The number of amides is 1. The Kier molecular flexibility index (Phi) is 4.74. The van der Waals surface area contributed by atoms with Crippen LogP contribution in [0.25, 0.3) is 10.9 Å². The number of carbonyl (C=O) groups is 1. The lowest BCUT2D eigenvalue weighted by atomic mass is 10.1. The molecular weight excluding hydrogens is 336 g/mol. The first kappa shape index (κ1) is 17.3. The van der Waals surface area contributed by atoms with Crippen LogP contribution < -0.4 is 10.9 Å². The summed E-state index contributed by atoms with van der Waals surface area (Å²) in [7, 11) is 0. The molecule has 0 fully saturated rings. The number of nitrogens with zero attached hydrogens (tertiary/aromatic N) is 3.